The van der Waals surface area contributed by atoms with Crippen molar-refractivity contribution in [3.63, 3.8) is 0 Å². The first kappa shape index (κ1) is 13.7. The average Bonchev–Trinajstić information content (AvgIpc) is 3.03. The van der Waals surface area contributed by atoms with Gasteiger partial charge in [-0.25, -0.2) is 0 Å². The van der Waals surface area contributed by atoms with Gasteiger partial charge >= 0.3 is 0 Å². The molecule has 2 fully saturated rings. The lowest BCUT2D eigenvalue weighted by Crippen LogP contribution is -2.40. The molecular formula is C15H19Cl2NO. The van der Waals surface area contributed by atoms with Crippen molar-refractivity contribution in [1.29, 1.82) is 0 Å². The molecule has 2 bridgehead atoms. The van der Waals surface area contributed by atoms with Gasteiger partial charge in [0.25, 0.3) is 0 Å². The minimum Gasteiger partial charge on any atom is -0.375 e. The van der Waals surface area contributed by atoms with E-state index in [0.29, 0.717) is 34.2 Å². The summed E-state index contributed by atoms with van der Waals surface area (Å²) in [6.45, 7) is 0. The summed E-state index contributed by atoms with van der Waals surface area (Å²) in [5, 5.41) is 4.77. The molecule has 2 aliphatic rings. The Bertz CT molecular complexity index is 465. The van der Waals surface area contributed by atoms with E-state index in [2.05, 4.69) is 11.4 Å². The molecule has 0 radical (unpaired) electrons. The molecule has 1 N–H and O–H groups in total. The lowest BCUT2D eigenvalue weighted by Gasteiger charge is -2.28. The number of fused-ring (bicyclic) bond motifs is 2. The first-order chi connectivity index (χ1) is 9.19. The highest BCUT2D eigenvalue weighted by molar-refractivity contribution is 6.42. The van der Waals surface area contributed by atoms with E-state index in [0.717, 1.165) is 12.0 Å². The zero-order chi connectivity index (χ0) is 13.4. The van der Waals surface area contributed by atoms with E-state index >= 15 is 0 Å². The highest BCUT2D eigenvalue weighted by Gasteiger charge is 2.43. The summed E-state index contributed by atoms with van der Waals surface area (Å²) in [5.74, 6) is 0.596. The van der Waals surface area contributed by atoms with Crippen LogP contribution in [0.4, 0.5) is 0 Å². The first-order valence-electron chi connectivity index (χ1n) is 6.94. The molecule has 0 aromatic heterocycles. The number of benzene rings is 1. The molecule has 19 heavy (non-hydrogen) atoms. The third-order valence-corrected chi connectivity index (χ3v) is 5.37. The lowest BCUT2D eigenvalue weighted by molar-refractivity contribution is 0.0863. The van der Waals surface area contributed by atoms with Crippen LogP contribution < -0.4 is 5.32 Å². The number of rotatable bonds is 4. The fourth-order valence-corrected chi connectivity index (χ4v) is 3.91. The summed E-state index contributed by atoms with van der Waals surface area (Å²) in [6.07, 6.45) is 5.44. The van der Waals surface area contributed by atoms with Gasteiger partial charge in [0.2, 0.25) is 0 Å². The van der Waals surface area contributed by atoms with Gasteiger partial charge in [0.1, 0.15) is 0 Å². The van der Waals surface area contributed by atoms with Crippen LogP contribution in [0.2, 0.25) is 10.0 Å². The highest BCUT2D eigenvalue weighted by atomic mass is 35.5. The SMILES string of the molecule is CNC(Cc1cccc(Cl)c1Cl)C1CC2CCC1O2. The van der Waals surface area contributed by atoms with E-state index in [9.17, 15) is 0 Å². The van der Waals surface area contributed by atoms with E-state index in [1.165, 1.54) is 19.3 Å². The molecule has 3 rings (SSSR count). The maximum atomic E-state index is 6.29. The number of likely N-dealkylation sites (N-methyl/N-ethyl adjacent to an activating group) is 1. The van der Waals surface area contributed by atoms with E-state index in [-0.39, 0.29) is 0 Å². The Balaban J connectivity index is 1.75. The molecule has 2 saturated heterocycles. The third-order valence-electron chi connectivity index (χ3n) is 4.51. The number of halogens is 2. The Morgan fingerprint density at radius 3 is 2.84 bits per heavy atom. The summed E-state index contributed by atoms with van der Waals surface area (Å²) >= 11 is 12.4. The number of nitrogens with one attached hydrogen (secondary N) is 1. The minimum atomic E-state index is 0.409. The molecule has 1 aromatic carbocycles. The van der Waals surface area contributed by atoms with Gasteiger partial charge in [-0.05, 0) is 44.4 Å². The third kappa shape index (κ3) is 2.64. The maximum absolute atomic E-state index is 6.29. The van der Waals surface area contributed by atoms with Gasteiger partial charge < -0.3 is 10.1 Å². The first-order valence-corrected chi connectivity index (χ1v) is 7.70. The second-order valence-electron chi connectivity index (χ2n) is 5.59. The van der Waals surface area contributed by atoms with E-state index in [1.54, 1.807) is 0 Å². The highest BCUT2D eigenvalue weighted by Crippen LogP contribution is 2.41. The summed E-state index contributed by atoms with van der Waals surface area (Å²) in [7, 11) is 2.02. The van der Waals surface area contributed by atoms with E-state index in [4.69, 9.17) is 27.9 Å². The van der Waals surface area contributed by atoms with Crippen molar-refractivity contribution >= 4 is 23.2 Å². The quantitative estimate of drug-likeness (QED) is 0.915. The molecule has 0 spiro atoms. The van der Waals surface area contributed by atoms with E-state index in [1.807, 2.05) is 19.2 Å². The summed E-state index contributed by atoms with van der Waals surface area (Å²) in [4.78, 5) is 0. The molecule has 0 saturated carbocycles. The standard InChI is InChI=1S/C15H19Cl2NO/c1-18-13(11-8-10-5-6-14(11)19-10)7-9-3-2-4-12(16)15(9)17/h2-4,10-11,13-14,18H,5-8H2,1H3. The Hall–Kier alpha value is -0.280. The molecule has 2 nitrogen and oxygen atoms in total. The Morgan fingerprint density at radius 1 is 1.37 bits per heavy atom. The minimum absolute atomic E-state index is 0.409. The summed E-state index contributed by atoms with van der Waals surface area (Å²) < 4.78 is 5.96. The van der Waals surface area contributed by atoms with Crippen molar-refractivity contribution in [3.05, 3.63) is 33.8 Å². The van der Waals surface area contributed by atoms with Crippen LogP contribution in [0.5, 0.6) is 0 Å². The Morgan fingerprint density at radius 2 is 2.21 bits per heavy atom. The average molecular weight is 300 g/mol. The smallest absolute Gasteiger partial charge is 0.0624 e. The van der Waals surface area contributed by atoms with Gasteiger partial charge in [-0.2, -0.15) is 0 Å². The Labute approximate surface area is 124 Å². The molecular weight excluding hydrogens is 281 g/mol. The topological polar surface area (TPSA) is 21.3 Å². The largest absolute Gasteiger partial charge is 0.375 e. The summed E-state index contributed by atoms with van der Waals surface area (Å²) in [5.41, 5.74) is 1.12. The second kappa shape index (κ2) is 5.61. The van der Waals surface area contributed by atoms with Crippen LogP contribution in [0.25, 0.3) is 0 Å². The summed E-state index contributed by atoms with van der Waals surface area (Å²) in [6, 6.07) is 6.27. The van der Waals surface area contributed by atoms with Crippen molar-refractivity contribution in [2.24, 2.45) is 5.92 Å². The maximum Gasteiger partial charge on any atom is 0.0624 e. The molecule has 0 amide bonds. The molecule has 4 unspecified atom stereocenters. The zero-order valence-corrected chi connectivity index (χ0v) is 12.5. The zero-order valence-electron chi connectivity index (χ0n) is 11.0. The van der Waals surface area contributed by atoms with Crippen LogP contribution in [-0.2, 0) is 11.2 Å². The predicted molar refractivity (Wildman–Crippen MR) is 79.0 cm³/mol. The van der Waals surface area contributed by atoms with Crippen molar-refractivity contribution in [3.8, 4) is 0 Å². The van der Waals surface area contributed by atoms with Crippen LogP contribution in [-0.4, -0.2) is 25.3 Å². The number of ether oxygens (including phenoxy) is 1. The van der Waals surface area contributed by atoms with Crippen molar-refractivity contribution < 1.29 is 4.74 Å². The molecule has 4 atom stereocenters. The second-order valence-corrected chi connectivity index (χ2v) is 6.37. The van der Waals surface area contributed by atoms with Crippen LogP contribution in [0.15, 0.2) is 18.2 Å². The van der Waals surface area contributed by atoms with Crippen molar-refractivity contribution in [1.82, 2.24) is 5.32 Å². The van der Waals surface area contributed by atoms with Crippen LogP contribution in [0.3, 0.4) is 0 Å². The normalized spacial score (nSPS) is 30.8. The van der Waals surface area contributed by atoms with Crippen molar-refractivity contribution in [2.75, 3.05) is 7.05 Å². The molecule has 0 aliphatic carbocycles. The molecule has 2 aliphatic heterocycles. The van der Waals surface area contributed by atoms with Crippen LogP contribution in [0, 0.1) is 5.92 Å². The van der Waals surface area contributed by atoms with Gasteiger partial charge in [-0.3, -0.25) is 0 Å². The monoisotopic (exact) mass is 299 g/mol. The number of hydrogen-bond donors (Lipinski definition) is 1. The fraction of sp³-hybridized carbons (Fsp3) is 0.600. The van der Waals surface area contributed by atoms with Crippen LogP contribution in [0.1, 0.15) is 24.8 Å². The van der Waals surface area contributed by atoms with Gasteiger partial charge in [0.05, 0.1) is 22.3 Å². The lowest BCUT2D eigenvalue weighted by atomic mass is 9.81. The predicted octanol–water partition coefficient (Wildman–Crippen LogP) is 3.69. The van der Waals surface area contributed by atoms with Crippen LogP contribution >= 0.6 is 23.2 Å². The van der Waals surface area contributed by atoms with Gasteiger partial charge in [-0.15, -0.1) is 0 Å². The molecule has 4 heteroatoms. The molecule has 2 heterocycles. The van der Waals surface area contributed by atoms with Gasteiger partial charge in [0, 0.05) is 12.0 Å². The fourth-order valence-electron chi connectivity index (χ4n) is 3.51. The molecule has 1 aromatic rings. The Kier molecular flexibility index (Phi) is 4.04. The number of hydrogen-bond acceptors (Lipinski definition) is 2. The van der Waals surface area contributed by atoms with Gasteiger partial charge in [-0.1, -0.05) is 35.3 Å². The van der Waals surface area contributed by atoms with Crippen molar-refractivity contribution in [2.45, 2.75) is 43.9 Å². The van der Waals surface area contributed by atoms with Gasteiger partial charge in [0.15, 0.2) is 0 Å². The van der Waals surface area contributed by atoms with E-state index < -0.39 is 0 Å². The molecule has 104 valence electrons.